The van der Waals surface area contributed by atoms with Crippen LogP contribution in [0.15, 0.2) is 85.1 Å². The van der Waals surface area contributed by atoms with Crippen LogP contribution in [0.4, 0.5) is 11.4 Å². The summed E-state index contributed by atoms with van der Waals surface area (Å²) in [4.78, 5) is 24.8. The number of rotatable bonds is 5. The van der Waals surface area contributed by atoms with Crippen LogP contribution < -0.4 is 10.6 Å². The minimum atomic E-state index is -0.204. The summed E-state index contributed by atoms with van der Waals surface area (Å²) >= 11 is 6.07. The van der Waals surface area contributed by atoms with Crippen LogP contribution >= 0.6 is 11.6 Å². The van der Waals surface area contributed by atoms with Gasteiger partial charge in [-0.1, -0.05) is 41.9 Å². The maximum absolute atomic E-state index is 12.5. The molecule has 4 rings (SSSR count). The second-order valence-electron chi connectivity index (χ2n) is 6.60. The number of halogens is 1. The minimum absolute atomic E-state index is 0.157. The lowest BCUT2D eigenvalue weighted by molar-refractivity contribution is -0.116. The maximum atomic E-state index is 12.5. The summed E-state index contributed by atoms with van der Waals surface area (Å²) in [5.41, 5.74) is 2.68. The molecule has 0 aliphatic heterocycles. The second-order valence-corrected chi connectivity index (χ2v) is 7.03. The third-order valence-electron chi connectivity index (χ3n) is 4.49. The Kier molecular flexibility index (Phi) is 5.31. The fourth-order valence-electron chi connectivity index (χ4n) is 3.12. The third-order valence-corrected chi connectivity index (χ3v) is 4.73. The standard InChI is InChI=1S/C23H18ClN3O2/c24-18-10-9-16-11-12-27(21(16)13-18)15-22(28)25-19-7-4-8-20(14-19)26-23(29)17-5-2-1-3-6-17/h1-14H,15H2,(H,25,28)(H,26,29). The van der Waals surface area contributed by atoms with Gasteiger partial charge in [0, 0.05) is 33.7 Å². The van der Waals surface area contributed by atoms with Gasteiger partial charge in [0.05, 0.1) is 0 Å². The summed E-state index contributed by atoms with van der Waals surface area (Å²) in [5.74, 6) is -0.376. The quantitative estimate of drug-likeness (QED) is 0.482. The molecule has 0 aliphatic rings. The van der Waals surface area contributed by atoms with Crippen LogP contribution in [0, 0.1) is 0 Å². The van der Waals surface area contributed by atoms with E-state index in [4.69, 9.17) is 11.6 Å². The number of carbonyl (C=O) groups is 2. The molecule has 0 atom stereocenters. The van der Waals surface area contributed by atoms with Crippen molar-refractivity contribution in [2.75, 3.05) is 10.6 Å². The van der Waals surface area contributed by atoms with Gasteiger partial charge in [0.25, 0.3) is 5.91 Å². The maximum Gasteiger partial charge on any atom is 0.255 e. The van der Waals surface area contributed by atoms with Crippen LogP contribution in [0.5, 0.6) is 0 Å². The largest absolute Gasteiger partial charge is 0.338 e. The molecule has 0 fully saturated rings. The fourth-order valence-corrected chi connectivity index (χ4v) is 3.28. The first-order valence-electron chi connectivity index (χ1n) is 9.09. The summed E-state index contributed by atoms with van der Waals surface area (Å²) in [6.45, 7) is 0.157. The van der Waals surface area contributed by atoms with Gasteiger partial charge in [-0.15, -0.1) is 0 Å². The van der Waals surface area contributed by atoms with E-state index in [9.17, 15) is 9.59 Å². The Morgan fingerprint density at radius 3 is 2.38 bits per heavy atom. The number of carbonyl (C=O) groups excluding carboxylic acids is 2. The fraction of sp³-hybridized carbons (Fsp3) is 0.0435. The van der Waals surface area contributed by atoms with E-state index in [1.54, 1.807) is 36.4 Å². The molecule has 2 N–H and O–H groups in total. The Balaban J connectivity index is 1.44. The molecule has 4 aromatic rings. The normalized spacial score (nSPS) is 10.7. The van der Waals surface area contributed by atoms with Gasteiger partial charge in [-0.05, 0) is 53.9 Å². The van der Waals surface area contributed by atoms with Crippen LogP contribution in [-0.2, 0) is 11.3 Å². The number of aromatic nitrogens is 1. The molecule has 0 saturated carbocycles. The number of fused-ring (bicyclic) bond motifs is 1. The topological polar surface area (TPSA) is 63.1 Å². The predicted octanol–water partition coefficient (Wildman–Crippen LogP) is 5.19. The van der Waals surface area contributed by atoms with E-state index in [1.165, 1.54) is 0 Å². The molecular weight excluding hydrogens is 386 g/mol. The Labute approximate surface area is 172 Å². The molecule has 0 saturated heterocycles. The van der Waals surface area contributed by atoms with Crippen LogP contribution in [0.3, 0.4) is 0 Å². The Bertz CT molecular complexity index is 1190. The highest BCUT2D eigenvalue weighted by molar-refractivity contribution is 6.31. The Morgan fingerprint density at radius 2 is 1.59 bits per heavy atom. The molecule has 29 heavy (non-hydrogen) atoms. The minimum Gasteiger partial charge on any atom is -0.338 e. The average Bonchev–Trinajstić information content (AvgIpc) is 3.10. The summed E-state index contributed by atoms with van der Waals surface area (Å²) in [5, 5.41) is 7.35. The van der Waals surface area contributed by atoms with Crippen molar-refractivity contribution in [3.05, 3.63) is 95.6 Å². The van der Waals surface area contributed by atoms with E-state index >= 15 is 0 Å². The van der Waals surface area contributed by atoms with E-state index in [1.807, 2.05) is 53.2 Å². The third kappa shape index (κ3) is 4.47. The number of anilines is 2. The van der Waals surface area contributed by atoms with Gasteiger partial charge in [0.15, 0.2) is 0 Å². The lowest BCUT2D eigenvalue weighted by atomic mass is 10.2. The summed E-state index contributed by atoms with van der Waals surface area (Å²) in [7, 11) is 0. The molecule has 2 amide bonds. The van der Waals surface area contributed by atoms with Crippen LogP contribution in [0.2, 0.25) is 5.02 Å². The zero-order valence-electron chi connectivity index (χ0n) is 15.4. The Morgan fingerprint density at radius 1 is 0.828 bits per heavy atom. The molecule has 0 spiro atoms. The first-order valence-corrected chi connectivity index (χ1v) is 9.47. The van der Waals surface area contributed by atoms with Gasteiger partial charge in [-0.2, -0.15) is 0 Å². The monoisotopic (exact) mass is 403 g/mol. The van der Waals surface area contributed by atoms with E-state index in [0.717, 1.165) is 10.9 Å². The van der Waals surface area contributed by atoms with Gasteiger partial charge < -0.3 is 15.2 Å². The van der Waals surface area contributed by atoms with E-state index < -0.39 is 0 Å². The van der Waals surface area contributed by atoms with Gasteiger partial charge in [-0.25, -0.2) is 0 Å². The second kappa shape index (κ2) is 8.20. The molecule has 0 aliphatic carbocycles. The van der Waals surface area contributed by atoms with Crippen molar-refractivity contribution in [3.8, 4) is 0 Å². The average molecular weight is 404 g/mol. The van der Waals surface area contributed by atoms with E-state index in [2.05, 4.69) is 10.6 Å². The summed E-state index contributed by atoms with van der Waals surface area (Å²) in [6, 6.07) is 23.5. The lowest BCUT2D eigenvalue weighted by Crippen LogP contribution is -2.18. The smallest absolute Gasteiger partial charge is 0.255 e. The van der Waals surface area contributed by atoms with E-state index in [-0.39, 0.29) is 18.4 Å². The SMILES string of the molecule is O=C(Cn1ccc2ccc(Cl)cc21)Nc1cccc(NC(=O)c2ccccc2)c1. The number of amides is 2. The number of nitrogens with zero attached hydrogens (tertiary/aromatic N) is 1. The molecule has 144 valence electrons. The number of hydrogen-bond acceptors (Lipinski definition) is 2. The number of nitrogens with one attached hydrogen (secondary N) is 2. The molecule has 3 aromatic carbocycles. The van der Waals surface area contributed by atoms with Crippen LogP contribution in [0.1, 0.15) is 10.4 Å². The van der Waals surface area contributed by atoms with Crippen molar-refractivity contribution in [2.45, 2.75) is 6.54 Å². The molecule has 6 heteroatoms. The number of benzene rings is 3. The van der Waals surface area contributed by atoms with Gasteiger partial charge in [-0.3, -0.25) is 9.59 Å². The molecule has 5 nitrogen and oxygen atoms in total. The van der Waals surface area contributed by atoms with Crippen LogP contribution in [-0.4, -0.2) is 16.4 Å². The van der Waals surface area contributed by atoms with Crippen molar-refractivity contribution in [3.63, 3.8) is 0 Å². The first-order chi connectivity index (χ1) is 14.1. The van der Waals surface area contributed by atoms with Gasteiger partial charge in [0.2, 0.25) is 5.91 Å². The van der Waals surface area contributed by atoms with Crippen molar-refractivity contribution < 1.29 is 9.59 Å². The highest BCUT2D eigenvalue weighted by Crippen LogP contribution is 2.21. The molecule has 1 heterocycles. The van der Waals surface area contributed by atoms with Gasteiger partial charge in [0.1, 0.15) is 6.54 Å². The zero-order chi connectivity index (χ0) is 20.2. The van der Waals surface area contributed by atoms with Gasteiger partial charge >= 0.3 is 0 Å². The Hall–Kier alpha value is -3.57. The molecule has 1 aromatic heterocycles. The van der Waals surface area contributed by atoms with Crippen molar-refractivity contribution in [1.29, 1.82) is 0 Å². The lowest BCUT2D eigenvalue weighted by Gasteiger charge is -2.10. The van der Waals surface area contributed by atoms with Crippen LogP contribution in [0.25, 0.3) is 10.9 Å². The molecule has 0 radical (unpaired) electrons. The predicted molar refractivity (Wildman–Crippen MR) is 116 cm³/mol. The molecule has 0 unspecified atom stereocenters. The van der Waals surface area contributed by atoms with E-state index in [0.29, 0.717) is 22.0 Å². The summed E-state index contributed by atoms with van der Waals surface area (Å²) in [6.07, 6.45) is 1.86. The highest BCUT2D eigenvalue weighted by Gasteiger charge is 2.09. The van der Waals surface area contributed by atoms with Crippen molar-refractivity contribution in [1.82, 2.24) is 4.57 Å². The molecular formula is C23H18ClN3O2. The first kappa shape index (κ1) is 18.8. The van der Waals surface area contributed by atoms with Crippen molar-refractivity contribution in [2.24, 2.45) is 0 Å². The van der Waals surface area contributed by atoms with Crippen molar-refractivity contribution >= 4 is 45.7 Å². The zero-order valence-corrected chi connectivity index (χ0v) is 16.2. The highest BCUT2D eigenvalue weighted by atomic mass is 35.5. The number of hydrogen-bond donors (Lipinski definition) is 2. The summed E-state index contributed by atoms with van der Waals surface area (Å²) < 4.78 is 1.84. The molecule has 0 bridgehead atoms.